The summed E-state index contributed by atoms with van der Waals surface area (Å²) in [6.45, 7) is 2.17. The predicted octanol–water partition coefficient (Wildman–Crippen LogP) is 3.96. The van der Waals surface area contributed by atoms with Gasteiger partial charge in [-0.1, -0.05) is 42.0 Å². The van der Waals surface area contributed by atoms with Crippen molar-refractivity contribution in [2.45, 2.75) is 38.1 Å². The molecule has 0 N–H and O–H groups in total. The lowest BCUT2D eigenvalue weighted by Crippen LogP contribution is -2.43. The average Bonchev–Trinajstić information content (AvgIpc) is 2.39. The Balaban J connectivity index is 2.30. The molecule has 1 nitrogen and oxygen atoms in total. The van der Waals surface area contributed by atoms with Crippen LogP contribution < -0.4 is 0 Å². The van der Waals surface area contributed by atoms with Gasteiger partial charge < -0.3 is 0 Å². The fourth-order valence-electron chi connectivity index (χ4n) is 3.02. The van der Waals surface area contributed by atoms with E-state index in [1.807, 2.05) is 0 Å². The first-order valence-corrected chi connectivity index (χ1v) is 6.56. The van der Waals surface area contributed by atoms with Gasteiger partial charge in [-0.3, -0.25) is 4.90 Å². The number of rotatable bonds is 2. The van der Waals surface area contributed by atoms with Crippen LogP contribution in [0, 0.1) is 0 Å². The molecule has 2 rings (SSSR count). The number of benzene rings is 1. The zero-order chi connectivity index (χ0) is 12.3. The maximum Gasteiger partial charge on any atom is 0.0460 e. The van der Waals surface area contributed by atoms with E-state index in [4.69, 9.17) is 0 Å². The molecule has 92 valence electrons. The largest absolute Gasteiger partial charge is 0.300 e. The zero-order valence-corrected chi connectivity index (χ0v) is 11.2. The molecule has 1 aliphatic rings. The van der Waals surface area contributed by atoms with Crippen LogP contribution in [0.15, 0.2) is 42.0 Å². The van der Waals surface area contributed by atoms with E-state index < -0.39 is 0 Å². The molecule has 0 heterocycles. The zero-order valence-electron chi connectivity index (χ0n) is 11.2. The molecule has 1 fully saturated rings. The quantitative estimate of drug-likeness (QED) is 0.694. The third-order valence-electron chi connectivity index (χ3n) is 4.29. The molecule has 0 spiro atoms. The van der Waals surface area contributed by atoms with Crippen molar-refractivity contribution >= 4 is 0 Å². The lowest BCUT2D eigenvalue weighted by atomic mass is 9.74. The van der Waals surface area contributed by atoms with E-state index >= 15 is 0 Å². The van der Waals surface area contributed by atoms with Gasteiger partial charge in [0.1, 0.15) is 0 Å². The van der Waals surface area contributed by atoms with Crippen molar-refractivity contribution in [1.82, 2.24) is 4.90 Å². The minimum absolute atomic E-state index is 0.244. The molecular formula is C16H23N. The van der Waals surface area contributed by atoms with Crippen molar-refractivity contribution in [2.75, 3.05) is 14.1 Å². The summed E-state index contributed by atoms with van der Waals surface area (Å²) >= 11 is 0. The van der Waals surface area contributed by atoms with E-state index in [1.54, 1.807) is 5.57 Å². The van der Waals surface area contributed by atoms with E-state index in [1.165, 1.54) is 31.2 Å². The number of nitrogens with zero attached hydrogens (tertiary/aromatic N) is 1. The second kappa shape index (κ2) is 5.05. The molecule has 17 heavy (non-hydrogen) atoms. The maximum absolute atomic E-state index is 2.41. The van der Waals surface area contributed by atoms with Gasteiger partial charge in [-0.15, -0.1) is 0 Å². The summed E-state index contributed by atoms with van der Waals surface area (Å²) in [5.41, 5.74) is 3.34. The summed E-state index contributed by atoms with van der Waals surface area (Å²) in [5, 5.41) is 0. The third kappa shape index (κ3) is 2.30. The first-order chi connectivity index (χ1) is 8.19. The molecule has 0 saturated heterocycles. The molecule has 0 amide bonds. The van der Waals surface area contributed by atoms with Crippen LogP contribution in [0.2, 0.25) is 0 Å². The van der Waals surface area contributed by atoms with E-state index in [-0.39, 0.29) is 5.54 Å². The van der Waals surface area contributed by atoms with Crippen LogP contribution in [0.3, 0.4) is 0 Å². The van der Waals surface area contributed by atoms with E-state index in [2.05, 4.69) is 62.3 Å². The standard InChI is InChI=1S/C16H23N/c1-4-14-10-12-16(13-11-14,17(2)3)15-8-6-5-7-9-15/h4-9H,10-13H2,1-3H3. The van der Waals surface area contributed by atoms with Gasteiger partial charge in [0, 0.05) is 5.54 Å². The molecule has 1 aliphatic carbocycles. The van der Waals surface area contributed by atoms with Crippen molar-refractivity contribution in [3.8, 4) is 0 Å². The predicted molar refractivity (Wildman–Crippen MR) is 74.0 cm³/mol. The van der Waals surface area contributed by atoms with Gasteiger partial charge in [-0.25, -0.2) is 0 Å². The van der Waals surface area contributed by atoms with Crippen molar-refractivity contribution in [1.29, 1.82) is 0 Å². The topological polar surface area (TPSA) is 3.24 Å². The lowest BCUT2D eigenvalue weighted by Gasteiger charge is -2.44. The van der Waals surface area contributed by atoms with Gasteiger partial charge >= 0.3 is 0 Å². The van der Waals surface area contributed by atoms with Crippen LogP contribution in [-0.2, 0) is 5.54 Å². The first-order valence-electron chi connectivity index (χ1n) is 6.56. The Labute approximate surface area is 105 Å². The minimum Gasteiger partial charge on any atom is -0.300 e. The highest BCUT2D eigenvalue weighted by Crippen LogP contribution is 2.42. The van der Waals surface area contributed by atoms with Gasteiger partial charge in [0.2, 0.25) is 0 Å². The highest BCUT2D eigenvalue weighted by atomic mass is 15.1. The Hall–Kier alpha value is -1.08. The van der Waals surface area contributed by atoms with Crippen molar-refractivity contribution < 1.29 is 0 Å². The smallest absolute Gasteiger partial charge is 0.0460 e. The monoisotopic (exact) mass is 229 g/mol. The molecule has 0 aliphatic heterocycles. The highest BCUT2D eigenvalue weighted by molar-refractivity contribution is 5.27. The molecule has 0 aromatic heterocycles. The Morgan fingerprint density at radius 1 is 1.06 bits per heavy atom. The summed E-state index contributed by atoms with van der Waals surface area (Å²) in [7, 11) is 4.43. The van der Waals surface area contributed by atoms with Crippen LogP contribution in [0.25, 0.3) is 0 Å². The highest BCUT2D eigenvalue weighted by Gasteiger charge is 2.36. The first kappa shape index (κ1) is 12.4. The van der Waals surface area contributed by atoms with Crippen LogP contribution >= 0.6 is 0 Å². The Morgan fingerprint density at radius 3 is 2.12 bits per heavy atom. The molecule has 0 bridgehead atoms. The molecular weight excluding hydrogens is 206 g/mol. The summed E-state index contributed by atoms with van der Waals surface area (Å²) in [6, 6.07) is 11.0. The maximum atomic E-state index is 2.41. The fraction of sp³-hybridized carbons (Fsp3) is 0.500. The van der Waals surface area contributed by atoms with Crippen molar-refractivity contribution in [3.05, 3.63) is 47.5 Å². The Bertz CT molecular complexity index is 379. The van der Waals surface area contributed by atoms with Gasteiger partial charge in [0.15, 0.2) is 0 Å². The summed E-state index contributed by atoms with van der Waals surface area (Å²) in [4.78, 5) is 2.41. The molecule has 0 atom stereocenters. The van der Waals surface area contributed by atoms with Crippen LogP contribution in [0.1, 0.15) is 38.2 Å². The number of hydrogen-bond donors (Lipinski definition) is 0. The van der Waals surface area contributed by atoms with Gasteiger partial charge in [-0.05, 0) is 52.3 Å². The summed E-state index contributed by atoms with van der Waals surface area (Å²) in [6.07, 6.45) is 7.26. The number of hydrogen-bond acceptors (Lipinski definition) is 1. The minimum atomic E-state index is 0.244. The van der Waals surface area contributed by atoms with E-state index in [0.29, 0.717) is 0 Å². The molecule has 1 heteroatoms. The van der Waals surface area contributed by atoms with Crippen molar-refractivity contribution in [3.63, 3.8) is 0 Å². The van der Waals surface area contributed by atoms with Gasteiger partial charge in [-0.2, -0.15) is 0 Å². The molecule has 0 unspecified atom stereocenters. The van der Waals surface area contributed by atoms with Crippen molar-refractivity contribution in [2.24, 2.45) is 0 Å². The Kier molecular flexibility index (Phi) is 3.68. The second-order valence-electron chi connectivity index (χ2n) is 5.24. The lowest BCUT2D eigenvalue weighted by molar-refractivity contribution is 0.113. The third-order valence-corrected chi connectivity index (χ3v) is 4.29. The summed E-state index contributed by atoms with van der Waals surface area (Å²) < 4.78 is 0. The van der Waals surface area contributed by atoms with Crippen LogP contribution in [-0.4, -0.2) is 19.0 Å². The molecule has 1 aromatic rings. The average molecular weight is 229 g/mol. The molecule has 1 saturated carbocycles. The van der Waals surface area contributed by atoms with Crippen LogP contribution in [0.5, 0.6) is 0 Å². The van der Waals surface area contributed by atoms with E-state index in [0.717, 1.165) is 0 Å². The fourth-order valence-corrected chi connectivity index (χ4v) is 3.02. The van der Waals surface area contributed by atoms with E-state index in [9.17, 15) is 0 Å². The normalized spacial score (nSPS) is 25.1. The van der Waals surface area contributed by atoms with Gasteiger partial charge in [0.05, 0.1) is 0 Å². The van der Waals surface area contributed by atoms with Crippen LogP contribution in [0.4, 0.5) is 0 Å². The summed E-state index contributed by atoms with van der Waals surface area (Å²) in [5.74, 6) is 0. The second-order valence-corrected chi connectivity index (χ2v) is 5.24. The SMILES string of the molecule is CC=C1CCC(c2ccccc2)(N(C)C)CC1. The van der Waals surface area contributed by atoms with Gasteiger partial charge in [0.25, 0.3) is 0 Å². The number of allylic oxidation sites excluding steroid dienone is 2. The Morgan fingerprint density at radius 2 is 1.65 bits per heavy atom. The molecule has 1 aromatic carbocycles. The molecule has 0 radical (unpaired) electrons.